The molecule has 0 aromatic heterocycles. The van der Waals surface area contributed by atoms with Gasteiger partial charge in [0.05, 0.1) is 6.07 Å². The standard InChI is InChI=1S/C21H26N4O2/c1-14(2)13-18(21(27)23-12-11-22)24-20(26)17-9-10-19(25(3)4)16-8-6-5-7-15(16)17/h5-10,14,18H,12-13H2,1-4H3,(H,23,27)(H,24,26)/t18-/m0/s1. The molecule has 0 unspecified atom stereocenters. The Kier molecular flexibility index (Phi) is 6.78. The van der Waals surface area contributed by atoms with Crippen LogP contribution in [0.3, 0.4) is 0 Å². The van der Waals surface area contributed by atoms with E-state index in [0.29, 0.717) is 12.0 Å². The van der Waals surface area contributed by atoms with Crippen molar-refractivity contribution in [1.29, 1.82) is 5.26 Å². The number of carbonyl (C=O) groups is 2. The van der Waals surface area contributed by atoms with E-state index in [1.165, 1.54) is 0 Å². The largest absolute Gasteiger partial charge is 0.377 e. The number of hydrogen-bond acceptors (Lipinski definition) is 4. The van der Waals surface area contributed by atoms with Crippen LogP contribution in [0.4, 0.5) is 5.69 Å². The average Bonchev–Trinajstić information content (AvgIpc) is 2.63. The van der Waals surface area contributed by atoms with Gasteiger partial charge in [-0.3, -0.25) is 9.59 Å². The number of rotatable bonds is 7. The van der Waals surface area contributed by atoms with E-state index in [1.54, 1.807) is 6.07 Å². The molecule has 2 N–H and O–H groups in total. The van der Waals surface area contributed by atoms with E-state index in [1.807, 2.05) is 69.2 Å². The molecule has 6 heteroatoms. The maximum absolute atomic E-state index is 12.9. The first-order chi connectivity index (χ1) is 12.8. The van der Waals surface area contributed by atoms with Crippen LogP contribution in [-0.2, 0) is 4.79 Å². The number of fused-ring (bicyclic) bond motifs is 1. The Labute approximate surface area is 160 Å². The average molecular weight is 366 g/mol. The fourth-order valence-corrected chi connectivity index (χ4v) is 3.06. The molecule has 0 saturated heterocycles. The van der Waals surface area contributed by atoms with Crippen molar-refractivity contribution in [1.82, 2.24) is 10.6 Å². The van der Waals surface area contributed by atoms with Crippen LogP contribution in [0.5, 0.6) is 0 Å². The van der Waals surface area contributed by atoms with Crippen molar-refractivity contribution < 1.29 is 9.59 Å². The van der Waals surface area contributed by atoms with Gasteiger partial charge >= 0.3 is 0 Å². The van der Waals surface area contributed by atoms with Crippen molar-refractivity contribution in [2.75, 3.05) is 25.5 Å². The van der Waals surface area contributed by atoms with Crippen LogP contribution in [0.15, 0.2) is 36.4 Å². The Morgan fingerprint density at radius 3 is 2.37 bits per heavy atom. The van der Waals surface area contributed by atoms with Crippen molar-refractivity contribution >= 4 is 28.3 Å². The van der Waals surface area contributed by atoms with E-state index < -0.39 is 6.04 Å². The second-order valence-corrected chi connectivity index (χ2v) is 7.10. The van der Waals surface area contributed by atoms with Crippen molar-refractivity contribution in [3.8, 4) is 6.07 Å². The van der Waals surface area contributed by atoms with Crippen molar-refractivity contribution in [2.24, 2.45) is 5.92 Å². The van der Waals surface area contributed by atoms with E-state index in [0.717, 1.165) is 16.5 Å². The zero-order valence-electron chi connectivity index (χ0n) is 16.2. The minimum absolute atomic E-state index is 0.0796. The molecule has 0 aliphatic heterocycles. The van der Waals surface area contributed by atoms with E-state index >= 15 is 0 Å². The summed E-state index contributed by atoms with van der Waals surface area (Å²) < 4.78 is 0. The minimum atomic E-state index is -0.682. The Balaban J connectivity index is 2.34. The van der Waals surface area contributed by atoms with Crippen LogP contribution in [0.1, 0.15) is 30.6 Å². The lowest BCUT2D eigenvalue weighted by Crippen LogP contribution is -2.47. The molecule has 142 valence electrons. The van der Waals surface area contributed by atoms with Crippen LogP contribution in [-0.4, -0.2) is 38.5 Å². The number of nitrogens with zero attached hydrogens (tertiary/aromatic N) is 2. The smallest absolute Gasteiger partial charge is 0.252 e. The lowest BCUT2D eigenvalue weighted by atomic mass is 9.99. The fraction of sp³-hybridized carbons (Fsp3) is 0.381. The summed E-state index contributed by atoms with van der Waals surface area (Å²) in [4.78, 5) is 27.3. The summed E-state index contributed by atoms with van der Waals surface area (Å²) >= 11 is 0. The summed E-state index contributed by atoms with van der Waals surface area (Å²) in [6.07, 6.45) is 0.497. The Morgan fingerprint density at radius 2 is 1.78 bits per heavy atom. The Morgan fingerprint density at radius 1 is 1.11 bits per heavy atom. The summed E-state index contributed by atoms with van der Waals surface area (Å²) in [5, 5.41) is 15.9. The second-order valence-electron chi connectivity index (χ2n) is 7.10. The minimum Gasteiger partial charge on any atom is -0.377 e. The molecule has 6 nitrogen and oxygen atoms in total. The molecule has 0 heterocycles. The van der Waals surface area contributed by atoms with E-state index in [-0.39, 0.29) is 24.3 Å². The summed E-state index contributed by atoms with van der Waals surface area (Å²) in [6.45, 7) is 3.89. The van der Waals surface area contributed by atoms with Gasteiger partial charge < -0.3 is 15.5 Å². The van der Waals surface area contributed by atoms with E-state index in [9.17, 15) is 9.59 Å². The molecule has 2 aromatic carbocycles. The molecule has 0 radical (unpaired) electrons. The van der Waals surface area contributed by atoms with Crippen molar-refractivity contribution in [3.05, 3.63) is 42.0 Å². The third-order valence-corrected chi connectivity index (χ3v) is 4.30. The summed E-state index contributed by atoms with van der Waals surface area (Å²) in [5.74, 6) is -0.418. The Bertz CT molecular complexity index is 868. The molecule has 0 saturated carbocycles. The number of benzene rings is 2. The second kappa shape index (κ2) is 9.04. The number of nitrogens with one attached hydrogen (secondary N) is 2. The predicted molar refractivity (Wildman–Crippen MR) is 108 cm³/mol. The van der Waals surface area contributed by atoms with Gasteiger partial charge in [-0.1, -0.05) is 38.1 Å². The lowest BCUT2D eigenvalue weighted by molar-refractivity contribution is -0.123. The molecule has 0 fully saturated rings. The van der Waals surface area contributed by atoms with Crippen molar-refractivity contribution in [2.45, 2.75) is 26.3 Å². The van der Waals surface area contributed by atoms with Gasteiger partial charge in [-0.2, -0.15) is 5.26 Å². The van der Waals surface area contributed by atoms with Gasteiger partial charge in [0.2, 0.25) is 5.91 Å². The molecule has 2 amide bonds. The van der Waals surface area contributed by atoms with Crippen LogP contribution >= 0.6 is 0 Å². The van der Waals surface area contributed by atoms with Gasteiger partial charge in [-0.15, -0.1) is 0 Å². The van der Waals surface area contributed by atoms with Gasteiger partial charge in [0.25, 0.3) is 5.91 Å². The Hall–Kier alpha value is -3.07. The SMILES string of the molecule is CC(C)C[C@H](NC(=O)c1ccc(N(C)C)c2ccccc12)C(=O)NCC#N. The molecule has 0 bridgehead atoms. The molecule has 1 atom stereocenters. The highest BCUT2D eigenvalue weighted by Gasteiger charge is 2.23. The maximum atomic E-state index is 12.9. The molecule has 2 aromatic rings. The molecular weight excluding hydrogens is 340 g/mol. The predicted octanol–water partition coefficient (Wildman–Crippen LogP) is 2.69. The zero-order chi connectivity index (χ0) is 20.0. The first-order valence-electron chi connectivity index (χ1n) is 8.99. The van der Waals surface area contributed by atoms with Crippen molar-refractivity contribution in [3.63, 3.8) is 0 Å². The lowest BCUT2D eigenvalue weighted by Gasteiger charge is -2.21. The molecule has 0 aliphatic carbocycles. The number of hydrogen-bond donors (Lipinski definition) is 2. The van der Waals surface area contributed by atoms with E-state index in [4.69, 9.17) is 5.26 Å². The topological polar surface area (TPSA) is 85.2 Å². The normalized spacial score (nSPS) is 11.7. The van der Waals surface area contributed by atoms with Crippen LogP contribution in [0, 0.1) is 17.2 Å². The summed E-state index contributed by atoms with van der Waals surface area (Å²) in [6, 6.07) is 12.6. The highest BCUT2D eigenvalue weighted by molar-refractivity contribution is 6.11. The third-order valence-electron chi connectivity index (χ3n) is 4.30. The molecule has 2 rings (SSSR count). The number of nitriles is 1. The summed E-state index contributed by atoms with van der Waals surface area (Å²) in [5.41, 5.74) is 1.55. The molecule has 0 aliphatic rings. The number of carbonyl (C=O) groups excluding carboxylic acids is 2. The van der Waals surface area contributed by atoms with Crippen LogP contribution in [0.25, 0.3) is 10.8 Å². The number of amides is 2. The number of anilines is 1. The van der Waals surface area contributed by atoms with Gasteiger partial charge in [-0.05, 0) is 29.9 Å². The van der Waals surface area contributed by atoms with Crippen LogP contribution in [0.2, 0.25) is 0 Å². The molecule has 27 heavy (non-hydrogen) atoms. The molecular formula is C21H26N4O2. The van der Waals surface area contributed by atoms with Gasteiger partial charge in [0, 0.05) is 30.7 Å². The molecule has 0 spiro atoms. The first-order valence-corrected chi connectivity index (χ1v) is 8.99. The monoisotopic (exact) mass is 366 g/mol. The highest BCUT2D eigenvalue weighted by Crippen LogP contribution is 2.28. The third kappa shape index (κ3) is 4.98. The quantitative estimate of drug-likeness (QED) is 0.738. The van der Waals surface area contributed by atoms with Gasteiger partial charge in [0.1, 0.15) is 12.6 Å². The summed E-state index contributed by atoms with van der Waals surface area (Å²) in [7, 11) is 3.92. The van der Waals surface area contributed by atoms with Crippen LogP contribution < -0.4 is 15.5 Å². The van der Waals surface area contributed by atoms with Gasteiger partial charge in [0.15, 0.2) is 0 Å². The fourth-order valence-electron chi connectivity index (χ4n) is 3.06. The highest BCUT2D eigenvalue weighted by atomic mass is 16.2. The first kappa shape index (κ1) is 20.2. The zero-order valence-corrected chi connectivity index (χ0v) is 16.2. The van der Waals surface area contributed by atoms with Gasteiger partial charge in [-0.25, -0.2) is 0 Å². The van der Waals surface area contributed by atoms with E-state index in [2.05, 4.69) is 10.6 Å². The maximum Gasteiger partial charge on any atom is 0.252 e.